The van der Waals surface area contributed by atoms with E-state index < -0.39 is 5.97 Å². The van der Waals surface area contributed by atoms with Gasteiger partial charge >= 0.3 is 29.0 Å². The van der Waals surface area contributed by atoms with E-state index >= 15 is 0 Å². The second kappa shape index (κ2) is 6.94. The number of rotatable bonds is 2. The zero-order chi connectivity index (χ0) is 5.70. The maximum atomic E-state index is 9.56. The molecule has 0 aliphatic carbocycles. The first-order valence-electron chi connectivity index (χ1n) is 1.77. The van der Waals surface area contributed by atoms with Gasteiger partial charge in [-0.3, -0.25) is 0 Å². The topological polar surface area (TPSA) is 57.5 Å². The van der Waals surface area contributed by atoms with Crippen molar-refractivity contribution in [3.8, 4) is 0 Å². The first-order valence-corrected chi connectivity index (χ1v) is 1.77. The molecule has 8 heavy (non-hydrogen) atoms. The molecule has 0 radical (unpaired) electrons. The fourth-order valence-corrected chi connectivity index (χ4v) is 0.154. The van der Waals surface area contributed by atoms with Gasteiger partial charge in [0.2, 0.25) is 0 Å². The van der Waals surface area contributed by atoms with Gasteiger partial charge in [-0.1, -0.05) is 6.08 Å². The number of aliphatic hydroxyl groups is 1. The van der Waals surface area contributed by atoms with Crippen LogP contribution < -0.4 is 0 Å². The van der Waals surface area contributed by atoms with E-state index in [0.29, 0.717) is 0 Å². The molecule has 0 bridgehead atoms. The highest BCUT2D eigenvalue weighted by Gasteiger charge is 1.79. The average molecular weight is 128 g/mol. The monoisotopic (exact) mass is 128 g/mol. The van der Waals surface area contributed by atoms with E-state index in [-0.39, 0.29) is 29.7 Å². The van der Waals surface area contributed by atoms with Crippen LogP contribution in [0.2, 0.25) is 0 Å². The molecule has 0 fully saturated rings. The Labute approximate surface area is 63.2 Å². The van der Waals surface area contributed by atoms with E-state index in [9.17, 15) is 4.79 Å². The molecule has 44 valence electrons. The van der Waals surface area contributed by atoms with E-state index in [2.05, 4.69) is 0 Å². The molecule has 0 aliphatic rings. The minimum Gasteiger partial charge on any atom is -0.478 e. The maximum absolute atomic E-state index is 9.56. The van der Waals surface area contributed by atoms with Crippen LogP contribution >= 0.6 is 0 Å². The van der Waals surface area contributed by atoms with E-state index in [1.165, 1.54) is 0 Å². The first kappa shape index (κ1) is 10.8. The van der Waals surface area contributed by atoms with Crippen molar-refractivity contribution in [2.45, 2.75) is 0 Å². The molecule has 0 rings (SSSR count). The van der Waals surface area contributed by atoms with Crippen molar-refractivity contribution in [2.24, 2.45) is 0 Å². The van der Waals surface area contributed by atoms with Gasteiger partial charge < -0.3 is 10.2 Å². The molecule has 3 nitrogen and oxygen atoms in total. The molecule has 0 aliphatic heterocycles. The Balaban J connectivity index is 0. The van der Waals surface area contributed by atoms with Gasteiger partial charge in [0.05, 0.1) is 6.61 Å². The van der Waals surface area contributed by atoms with Gasteiger partial charge in [0, 0.05) is 6.08 Å². The van der Waals surface area contributed by atoms with Crippen LogP contribution in [-0.2, 0) is 4.79 Å². The van der Waals surface area contributed by atoms with Crippen LogP contribution in [0.5, 0.6) is 0 Å². The molecule has 0 amide bonds. The minimum absolute atomic E-state index is 0. The van der Waals surface area contributed by atoms with Gasteiger partial charge in [-0.05, 0) is 0 Å². The molecular weight excluding hydrogens is 120 g/mol. The van der Waals surface area contributed by atoms with E-state index in [1.807, 2.05) is 0 Å². The lowest BCUT2D eigenvalue weighted by molar-refractivity contribution is -0.131. The normalized spacial score (nSPS) is 8.62. The zero-order valence-corrected chi connectivity index (χ0v) is 3.66. The van der Waals surface area contributed by atoms with E-state index in [0.717, 1.165) is 12.2 Å². The minimum atomic E-state index is -1.03. The van der Waals surface area contributed by atoms with Crippen molar-refractivity contribution in [1.29, 1.82) is 0 Å². The number of carbonyl (C=O) groups is 1. The molecule has 0 atom stereocenters. The Bertz CT molecular complexity index is 89.3. The van der Waals surface area contributed by atoms with Gasteiger partial charge in [-0.25, -0.2) is 4.79 Å². The number of hydrogen-bond acceptors (Lipinski definition) is 2. The quantitative estimate of drug-likeness (QED) is 0.359. The van der Waals surface area contributed by atoms with Crippen LogP contribution in [0, 0.1) is 0 Å². The number of carboxylic acids is 1. The molecule has 0 saturated carbocycles. The van der Waals surface area contributed by atoms with Gasteiger partial charge in [0.15, 0.2) is 0 Å². The highest BCUT2D eigenvalue weighted by Crippen LogP contribution is 1.67. The van der Waals surface area contributed by atoms with Crippen LogP contribution in [-0.4, -0.2) is 45.8 Å². The van der Waals surface area contributed by atoms with Crippen molar-refractivity contribution in [2.75, 3.05) is 6.61 Å². The molecule has 0 heterocycles. The van der Waals surface area contributed by atoms with E-state index in [1.54, 1.807) is 0 Å². The molecule has 0 aromatic heterocycles. The Morgan fingerprint density at radius 3 is 2.25 bits per heavy atom. The standard InChI is InChI=1S/C4H6O3.Mg.2H/c5-3-1-2-4(6)7;;;/h1-2,5H,3H2,(H,6,7);;;. The van der Waals surface area contributed by atoms with Crippen LogP contribution in [0.3, 0.4) is 0 Å². The highest BCUT2D eigenvalue weighted by molar-refractivity contribution is 5.79. The summed E-state index contributed by atoms with van der Waals surface area (Å²) in [5, 5.41) is 15.8. The van der Waals surface area contributed by atoms with Crippen molar-refractivity contribution < 1.29 is 15.0 Å². The molecule has 0 spiro atoms. The van der Waals surface area contributed by atoms with Crippen molar-refractivity contribution in [1.82, 2.24) is 0 Å². The third kappa shape index (κ3) is 9.34. The molecule has 0 saturated heterocycles. The number of hydrogen-bond donors (Lipinski definition) is 2. The fraction of sp³-hybridized carbons (Fsp3) is 0.250. The van der Waals surface area contributed by atoms with Gasteiger partial charge in [-0.15, -0.1) is 0 Å². The van der Waals surface area contributed by atoms with Crippen molar-refractivity contribution in [3.05, 3.63) is 12.2 Å². The van der Waals surface area contributed by atoms with Gasteiger partial charge in [0.1, 0.15) is 0 Å². The smallest absolute Gasteiger partial charge is 0.328 e. The summed E-state index contributed by atoms with van der Waals surface area (Å²) in [6.45, 7) is -0.216. The predicted molar refractivity (Wildman–Crippen MR) is 32.4 cm³/mol. The van der Waals surface area contributed by atoms with Gasteiger partial charge in [0.25, 0.3) is 0 Å². The summed E-state index contributed by atoms with van der Waals surface area (Å²) in [7, 11) is 0. The highest BCUT2D eigenvalue weighted by atomic mass is 24.3. The second-order valence-electron chi connectivity index (χ2n) is 0.923. The van der Waals surface area contributed by atoms with Crippen molar-refractivity contribution in [3.63, 3.8) is 0 Å². The summed E-state index contributed by atoms with van der Waals surface area (Å²) >= 11 is 0. The average Bonchev–Trinajstić information content (AvgIpc) is 1.61. The van der Waals surface area contributed by atoms with Crippen LogP contribution in [0.1, 0.15) is 0 Å². The number of aliphatic hydroxyl groups excluding tert-OH is 1. The SMILES string of the molecule is O=C(O)C=CCO.[MgH2]. The zero-order valence-electron chi connectivity index (χ0n) is 3.66. The number of carboxylic acid groups (broad SMARTS) is 1. The molecule has 0 aromatic carbocycles. The predicted octanol–water partition coefficient (Wildman–Crippen LogP) is -1.30. The third-order valence-corrected chi connectivity index (χ3v) is 0.366. The van der Waals surface area contributed by atoms with E-state index in [4.69, 9.17) is 10.2 Å². The summed E-state index contributed by atoms with van der Waals surface area (Å²) in [5.41, 5.74) is 0. The van der Waals surface area contributed by atoms with Crippen molar-refractivity contribution >= 4 is 29.0 Å². The Hall–Kier alpha value is -0.0638. The Morgan fingerprint density at radius 1 is 1.62 bits per heavy atom. The maximum Gasteiger partial charge on any atom is 0.328 e. The lowest BCUT2D eigenvalue weighted by Gasteiger charge is -1.73. The Kier molecular flexibility index (Phi) is 9.39. The second-order valence-corrected chi connectivity index (χ2v) is 0.923. The molecule has 4 heteroatoms. The molecular formula is C4H8MgO3. The fourth-order valence-electron chi connectivity index (χ4n) is 0.154. The lowest BCUT2D eigenvalue weighted by Crippen LogP contribution is -1.86. The number of aliphatic carboxylic acids is 1. The molecule has 0 aromatic rings. The first-order chi connectivity index (χ1) is 3.27. The third-order valence-electron chi connectivity index (χ3n) is 0.366. The summed E-state index contributed by atoms with van der Waals surface area (Å²) in [5.74, 6) is -1.03. The molecule has 0 unspecified atom stereocenters. The largest absolute Gasteiger partial charge is 0.478 e. The summed E-state index contributed by atoms with van der Waals surface area (Å²) in [4.78, 5) is 9.56. The van der Waals surface area contributed by atoms with Crippen LogP contribution in [0.25, 0.3) is 0 Å². The molecule has 2 N–H and O–H groups in total. The lowest BCUT2D eigenvalue weighted by atomic mass is 10.5. The van der Waals surface area contributed by atoms with Crippen LogP contribution in [0.15, 0.2) is 12.2 Å². The summed E-state index contributed by atoms with van der Waals surface area (Å²) in [6.07, 6.45) is 2.04. The summed E-state index contributed by atoms with van der Waals surface area (Å²) < 4.78 is 0. The summed E-state index contributed by atoms with van der Waals surface area (Å²) in [6, 6.07) is 0. The Morgan fingerprint density at radius 2 is 2.12 bits per heavy atom. The van der Waals surface area contributed by atoms with Crippen LogP contribution in [0.4, 0.5) is 0 Å². The van der Waals surface area contributed by atoms with Gasteiger partial charge in [-0.2, -0.15) is 0 Å².